The van der Waals surface area contributed by atoms with Gasteiger partial charge in [0.2, 0.25) is 0 Å². The van der Waals surface area contributed by atoms with Crippen molar-refractivity contribution in [3.8, 4) is 0 Å². The van der Waals surface area contributed by atoms with Crippen molar-refractivity contribution in [3.05, 3.63) is 10.1 Å². The third kappa shape index (κ3) is 4.96. The molecule has 3 nitrogen and oxygen atoms in total. The fraction of sp³-hybridized carbons (Fsp3) is 1.00. The van der Waals surface area contributed by atoms with Crippen molar-refractivity contribution < 1.29 is 4.92 Å². The number of alkyl halides is 1. The minimum Gasteiger partial charge on any atom is -0.263 e. The summed E-state index contributed by atoms with van der Waals surface area (Å²) in [5, 5.41) is 10.1. The maximum Gasteiger partial charge on any atom is 0.260 e. The summed E-state index contributed by atoms with van der Waals surface area (Å²) in [5.41, 5.74) is 0. The molecule has 0 aromatic heterocycles. The Hall–Kier alpha value is 0.130. The Balaban J connectivity index is 3.40. The maximum absolute atomic E-state index is 10.1. The molecule has 0 aliphatic rings. The highest BCUT2D eigenvalue weighted by Gasteiger charge is 2.14. The average molecular weight is 257 g/mol. The van der Waals surface area contributed by atoms with Gasteiger partial charge in [0.25, 0.3) is 4.05 Å². The zero-order chi connectivity index (χ0) is 8.15. The van der Waals surface area contributed by atoms with Crippen LogP contribution in [0.3, 0.4) is 0 Å². The van der Waals surface area contributed by atoms with Crippen LogP contribution < -0.4 is 0 Å². The number of halogens is 1. The Labute approximate surface area is 74.5 Å². The summed E-state index contributed by atoms with van der Waals surface area (Å²) in [4.78, 5) is 9.88. The van der Waals surface area contributed by atoms with Crippen LogP contribution in [0.4, 0.5) is 0 Å². The van der Waals surface area contributed by atoms with Crippen LogP contribution >= 0.6 is 22.6 Å². The smallest absolute Gasteiger partial charge is 0.260 e. The zero-order valence-corrected chi connectivity index (χ0v) is 8.37. The van der Waals surface area contributed by atoms with Gasteiger partial charge in [0.05, 0.1) is 0 Å². The Morgan fingerprint density at radius 3 is 2.30 bits per heavy atom. The van der Waals surface area contributed by atoms with Gasteiger partial charge in [0.15, 0.2) is 0 Å². The van der Waals surface area contributed by atoms with Crippen LogP contribution in [0.2, 0.25) is 0 Å². The van der Waals surface area contributed by atoms with Crippen molar-refractivity contribution in [2.45, 2.75) is 30.7 Å². The number of nitro groups is 1. The highest BCUT2D eigenvalue weighted by atomic mass is 127. The Morgan fingerprint density at radius 2 is 2.00 bits per heavy atom. The van der Waals surface area contributed by atoms with E-state index in [9.17, 15) is 10.1 Å². The predicted molar refractivity (Wildman–Crippen MR) is 48.9 cm³/mol. The first-order valence-corrected chi connectivity index (χ1v) is 4.56. The zero-order valence-electron chi connectivity index (χ0n) is 6.21. The molecule has 0 aliphatic carbocycles. The van der Waals surface area contributed by atoms with E-state index in [-0.39, 0.29) is 4.92 Å². The first kappa shape index (κ1) is 10.1. The molecule has 4 heteroatoms. The molecule has 1 atom stereocenters. The van der Waals surface area contributed by atoms with Gasteiger partial charge in [0, 0.05) is 33.9 Å². The lowest BCUT2D eigenvalue weighted by Crippen LogP contribution is -2.11. The quantitative estimate of drug-likeness (QED) is 0.255. The van der Waals surface area contributed by atoms with Gasteiger partial charge < -0.3 is 0 Å². The SMILES string of the molecule is CC(C)CCC(I)[N+](=O)[O-]. The molecule has 0 aromatic rings. The van der Waals surface area contributed by atoms with Crippen molar-refractivity contribution in [1.29, 1.82) is 0 Å². The van der Waals surface area contributed by atoms with Crippen LogP contribution in [0.5, 0.6) is 0 Å². The minimum absolute atomic E-state index is 0.233. The van der Waals surface area contributed by atoms with Crippen LogP contribution in [0.15, 0.2) is 0 Å². The van der Waals surface area contributed by atoms with E-state index < -0.39 is 4.05 Å². The lowest BCUT2D eigenvalue weighted by Gasteiger charge is -2.03. The van der Waals surface area contributed by atoms with Gasteiger partial charge in [-0.1, -0.05) is 13.8 Å². The number of rotatable bonds is 4. The summed E-state index contributed by atoms with van der Waals surface area (Å²) < 4.78 is -0.403. The predicted octanol–water partition coefficient (Wildman–Crippen LogP) is 2.46. The van der Waals surface area contributed by atoms with Crippen LogP contribution in [-0.2, 0) is 0 Å². The Bertz CT molecular complexity index is 116. The summed E-state index contributed by atoms with van der Waals surface area (Å²) >= 11 is 1.87. The summed E-state index contributed by atoms with van der Waals surface area (Å²) in [7, 11) is 0. The van der Waals surface area contributed by atoms with Crippen LogP contribution in [0.25, 0.3) is 0 Å². The molecule has 0 bridgehead atoms. The largest absolute Gasteiger partial charge is 0.263 e. The van der Waals surface area contributed by atoms with E-state index in [0.29, 0.717) is 12.3 Å². The summed E-state index contributed by atoms with van der Waals surface area (Å²) in [5.74, 6) is 0.567. The van der Waals surface area contributed by atoms with E-state index in [1.165, 1.54) is 0 Å². The van der Waals surface area contributed by atoms with Gasteiger partial charge in [-0.15, -0.1) is 0 Å². The summed E-state index contributed by atoms with van der Waals surface area (Å²) in [6.45, 7) is 4.15. The van der Waals surface area contributed by atoms with E-state index in [1.54, 1.807) is 0 Å². The number of hydrogen-bond donors (Lipinski definition) is 0. The molecule has 60 valence electrons. The molecule has 0 radical (unpaired) electrons. The maximum atomic E-state index is 10.1. The normalized spacial score (nSPS) is 13.6. The molecular formula is C6H12INO2. The lowest BCUT2D eigenvalue weighted by molar-refractivity contribution is -0.489. The van der Waals surface area contributed by atoms with E-state index in [4.69, 9.17) is 0 Å². The third-order valence-electron chi connectivity index (χ3n) is 1.21. The van der Waals surface area contributed by atoms with Gasteiger partial charge in [-0.05, 0) is 12.3 Å². The topological polar surface area (TPSA) is 43.1 Å². The average Bonchev–Trinajstić information content (AvgIpc) is 1.82. The van der Waals surface area contributed by atoms with Crippen molar-refractivity contribution >= 4 is 22.6 Å². The number of hydrogen-bond acceptors (Lipinski definition) is 2. The number of nitrogens with zero attached hydrogens (tertiary/aromatic N) is 1. The van der Waals surface area contributed by atoms with E-state index >= 15 is 0 Å². The molecule has 0 N–H and O–H groups in total. The Morgan fingerprint density at radius 1 is 1.50 bits per heavy atom. The summed E-state index contributed by atoms with van der Waals surface area (Å²) in [6, 6.07) is 0. The van der Waals surface area contributed by atoms with Crippen LogP contribution in [0.1, 0.15) is 26.7 Å². The minimum atomic E-state index is -0.403. The van der Waals surface area contributed by atoms with E-state index in [1.807, 2.05) is 22.6 Å². The van der Waals surface area contributed by atoms with Crippen molar-refractivity contribution in [2.75, 3.05) is 0 Å². The fourth-order valence-corrected chi connectivity index (χ4v) is 0.936. The molecule has 10 heavy (non-hydrogen) atoms. The molecule has 0 saturated heterocycles. The second-order valence-corrected chi connectivity index (χ2v) is 4.13. The fourth-order valence-electron chi connectivity index (χ4n) is 0.576. The van der Waals surface area contributed by atoms with Crippen molar-refractivity contribution in [3.63, 3.8) is 0 Å². The molecule has 0 rings (SSSR count). The van der Waals surface area contributed by atoms with E-state index in [2.05, 4.69) is 13.8 Å². The highest BCUT2D eigenvalue weighted by molar-refractivity contribution is 14.1. The van der Waals surface area contributed by atoms with Crippen LogP contribution in [0, 0.1) is 16.0 Å². The molecule has 0 aliphatic heterocycles. The third-order valence-corrected chi connectivity index (χ3v) is 2.29. The lowest BCUT2D eigenvalue weighted by atomic mass is 10.1. The Kier molecular flexibility index (Phi) is 4.93. The molecule has 1 unspecified atom stereocenters. The van der Waals surface area contributed by atoms with Crippen molar-refractivity contribution in [1.82, 2.24) is 0 Å². The second-order valence-electron chi connectivity index (χ2n) is 2.69. The molecular weight excluding hydrogens is 245 g/mol. The first-order valence-electron chi connectivity index (χ1n) is 3.31. The monoisotopic (exact) mass is 257 g/mol. The second kappa shape index (κ2) is 4.87. The van der Waals surface area contributed by atoms with Gasteiger partial charge in [-0.2, -0.15) is 0 Å². The van der Waals surface area contributed by atoms with Gasteiger partial charge in [-0.3, -0.25) is 10.1 Å². The van der Waals surface area contributed by atoms with Crippen LogP contribution in [-0.4, -0.2) is 8.97 Å². The van der Waals surface area contributed by atoms with Gasteiger partial charge in [0.1, 0.15) is 0 Å². The first-order chi connectivity index (χ1) is 4.54. The van der Waals surface area contributed by atoms with Gasteiger partial charge >= 0.3 is 0 Å². The van der Waals surface area contributed by atoms with E-state index in [0.717, 1.165) is 6.42 Å². The standard InChI is InChI=1S/C6H12INO2/c1-5(2)3-4-6(7)8(9)10/h5-6H,3-4H2,1-2H3. The molecule has 0 amide bonds. The highest BCUT2D eigenvalue weighted by Crippen LogP contribution is 2.13. The molecule has 0 saturated carbocycles. The molecule has 0 spiro atoms. The van der Waals surface area contributed by atoms with Crippen molar-refractivity contribution in [2.24, 2.45) is 5.92 Å². The molecule has 0 fully saturated rings. The van der Waals surface area contributed by atoms with Gasteiger partial charge in [-0.25, -0.2) is 0 Å². The summed E-state index contributed by atoms with van der Waals surface area (Å²) in [6.07, 6.45) is 1.62. The molecule has 0 aromatic carbocycles. The molecule has 0 heterocycles.